The SMILES string of the molecule is CCCCCCN(C)C(=O)OCn1cc2cc(CC(NC(=O)N3CCC(c4cc5ccccc5n(COC(=O)N(C)CCCCCC)c4=O)CC3)C(=O)N3CCN(C4CC[N+](C)(COC(=O)N(C)CCCCCC)CC4)CC3)cc(C)c2n1. The molecular weight excluding hydrogens is 1050 g/mol. The van der Waals surface area contributed by atoms with E-state index in [1.807, 2.05) is 67.5 Å². The fourth-order valence-electron chi connectivity index (χ4n) is 12.0. The summed E-state index contributed by atoms with van der Waals surface area (Å²) in [5, 5.41) is 9.63. The van der Waals surface area contributed by atoms with Crippen LogP contribution < -0.4 is 10.9 Å². The van der Waals surface area contributed by atoms with E-state index in [-0.39, 0.29) is 49.4 Å². The van der Waals surface area contributed by atoms with Crippen LogP contribution in [-0.2, 0) is 38.9 Å². The van der Waals surface area contributed by atoms with Crippen LogP contribution in [0.3, 0.4) is 0 Å². The van der Waals surface area contributed by atoms with Crippen molar-refractivity contribution in [1.29, 1.82) is 0 Å². The van der Waals surface area contributed by atoms with E-state index in [0.29, 0.717) is 100 Å². The second kappa shape index (κ2) is 31.5. The number of pyridine rings is 1. The van der Waals surface area contributed by atoms with Crippen LogP contribution in [0.15, 0.2) is 53.5 Å². The summed E-state index contributed by atoms with van der Waals surface area (Å²) < 4.78 is 21.0. The first-order valence-corrected chi connectivity index (χ1v) is 31.2. The highest BCUT2D eigenvalue weighted by atomic mass is 16.6. The Balaban J connectivity index is 1.000. The number of likely N-dealkylation sites (tertiary alicyclic amines) is 2. The van der Waals surface area contributed by atoms with E-state index in [0.717, 1.165) is 124 Å². The van der Waals surface area contributed by atoms with Gasteiger partial charge in [0.15, 0.2) is 13.5 Å². The second-order valence-corrected chi connectivity index (χ2v) is 24.1. The van der Waals surface area contributed by atoms with E-state index >= 15 is 0 Å². The average molecular weight is 1150 g/mol. The summed E-state index contributed by atoms with van der Waals surface area (Å²) in [6, 6.07) is 12.7. The lowest BCUT2D eigenvalue weighted by Crippen LogP contribution is -2.60. The van der Waals surface area contributed by atoms with Crippen LogP contribution in [0, 0.1) is 6.92 Å². The van der Waals surface area contributed by atoms with Gasteiger partial charge in [0.2, 0.25) is 12.6 Å². The topological polar surface area (TPSA) is 184 Å². The fraction of sp³-hybridized carbons (Fsp3) is 0.667. The van der Waals surface area contributed by atoms with Crippen molar-refractivity contribution in [3.8, 4) is 0 Å². The van der Waals surface area contributed by atoms with Crippen molar-refractivity contribution in [2.24, 2.45) is 0 Å². The molecule has 20 heteroatoms. The highest BCUT2D eigenvalue weighted by molar-refractivity contribution is 5.88. The summed E-state index contributed by atoms with van der Waals surface area (Å²) in [7, 11) is 7.45. The predicted molar refractivity (Wildman–Crippen MR) is 324 cm³/mol. The second-order valence-electron chi connectivity index (χ2n) is 24.1. The fourth-order valence-corrected chi connectivity index (χ4v) is 12.0. The molecule has 0 radical (unpaired) electrons. The van der Waals surface area contributed by atoms with Crippen LogP contribution in [0.1, 0.15) is 146 Å². The number of urea groups is 1. The van der Waals surface area contributed by atoms with Crippen molar-refractivity contribution >= 4 is 52.0 Å². The monoisotopic (exact) mass is 1150 g/mol. The number of benzene rings is 2. The molecule has 0 aliphatic carbocycles. The summed E-state index contributed by atoms with van der Waals surface area (Å²) in [5.74, 6) is -0.285. The molecule has 458 valence electrons. The maximum Gasteiger partial charge on any atom is 0.413 e. The number of aromatic nitrogens is 3. The highest BCUT2D eigenvalue weighted by Crippen LogP contribution is 2.30. The third-order valence-corrected chi connectivity index (χ3v) is 17.5. The molecule has 1 atom stereocenters. The van der Waals surface area contributed by atoms with Crippen LogP contribution >= 0.6 is 0 Å². The van der Waals surface area contributed by atoms with Crippen molar-refractivity contribution < 1.29 is 42.7 Å². The van der Waals surface area contributed by atoms with E-state index in [9.17, 15) is 28.8 Å². The molecular formula is C63H98N11O9+. The van der Waals surface area contributed by atoms with Gasteiger partial charge in [-0.2, -0.15) is 5.10 Å². The number of amides is 6. The van der Waals surface area contributed by atoms with Crippen molar-refractivity contribution in [1.82, 2.24) is 49.1 Å². The molecule has 3 aliphatic heterocycles. The Bertz CT molecular complexity index is 2810. The van der Waals surface area contributed by atoms with Gasteiger partial charge < -0.3 is 44.0 Å². The van der Waals surface area contributed by atoms with Gasteiger partial charge >= 0.3 is 24.3 Å². The lowest BCUT2D eigenvalue weighted by Gasteiger charge is -2.45. The minimum atomic E-state index is -0.871. The molecule has 83 heavy (non-hydrogen) atoms. The third-order valence-electron chi connectivity index (χ3n) is 17.5. The van der Waals surface area contributed by atoms with Crippen LogP contribution in [0.4, 0.5) is 19.2 Å². The summed E-state index contributed by atoms with van der Waals surface area (Å²) in [6.45, 7) is 15.5. The van der Waals surface area contributed by atoms with E-state index in [4.69, 9.17) is 19.3 Å². The Morgan fingerprint density at radius 2 is 1.24 bits per heavy atom. The number of piperidine rings is 2. The zero-order valence-corrected chi connectivity index (χ0v) is 51.4. The highest BCUT2D eigenvalue weighted by Gasteiger charge is 2.38. The molecule has 0 spiro atoms. The molecule has 0 saturated carbocycles. The van der Waals surface area contributed by atoms with Crippen LogP contribution in [0.5, 0.6) is 0 Å². The number of nitrogens with one attached hydrogen (secondary N) is 1. The van der Waals surface area contributed by atoms with Crippen molar-refractivity contribution in [2.75, 3.05) is 107 Å². The number of quaternary nitrogens is 1. The largest absolute Gasteiger partial charge is 0.428 e. The van der Waals surface area contributed by atoms with E-state index in [1.165, 1.54) is 6.42 Å². The summed E-state index contributed by atoms with van der Waals surface area (Å²) in [4.78, 5) is 93.4. The first-order valence-electron chi connectivity index (χ1n) is 31.2. The minimum Gasteiger partial charge on any atom is -0.428 e. The van der Waals surface area contributed by atoms with Crippen molar-refractivity contribution in [2.45, 2.75) is 168 Å². The molecule has 1 N–H and O–H groups in total. The molecule has 3 saturated heterocycles. The van der Waals surface area contributed by atoms with Gasteiger partial charge in [0.25, 0.3) is 5.56 Å². The number of para-hydroxylation sites is 1. The summed E-state index contributed by atoms with van der Waals surface area (Å²) in [5.41, 5.74) is 3.59. The van der Waals surface area contributed by atoms with Gasteiger partial charge in [-0.25, -0.2) is 23.9 Å². The summed E-state index contributed by atoms with van der Waals surface area (Å²) >= 11 is 0. The van der Waals surface area contributed by atoms with Gasteiger partial charge in [-0.1, -0.05) is 103 Å². The number of unbranched alkanes of at least 4 members (excludes halogenated alkanes) is 9. The smallest absolute Gasteiger partial charge is 0.413 e. The number of carbonyl (C=O) groups excluding carboxylic acids is 5. The van der Waals surface area contributed by atoms with E-state index in [1.54, 1.807) is 42.9 Å². The van der Waals surface area contributed by atoms with Gasteiger partial charge in [-0.3, -0.25) is 23.5 Å². The van der Waals surface area contributed by atoms with Crippen molar-refractivity contribution in [3.63, 3.8) is 0 Å². The van der Waals surface area contributed by atoms with Crippen LogP contribution in [-0.4, -0.2) is 197 Å². The first-order chi connectivity index (χ1) is 40.0. The van der Waals surface area contributed by atoms with E-state index < -0.39 is 18.2 Å². The molecule has 2 aromatic heterocycles. The number of aryl methyl sites for hydroxylation is 1. The number of fused-ring (bicyclic) bond motifs is 2. The number of hydrogen-bond donors (Lipinski definition) is 1. The molecule has 1 unspecified atom stereocenters. The molecule has 6 amide bonds. The van der Waals surface area contributed by atoms with Gasteiger partial charge in [-0.05, 0) is 79.7 Å². The maximum atomic E-state index is 14.9. The molecule has 5 heterocycles. The van der Waals surface area contributed by atoms with Gasteiger partial charge in [-0.15, -0.1) is 0 Å². The number of hydrogen-bond acceptors (Lipinski definition) is 11. The van der Waals surface area contributed by atoms with Gasteiger partial charge in [0, 0.05) is 122 Å². The number of nitrogens with zero attached hydrogens (tertiary/aromatic N) is 10. The standard InChI is InChI=1S/C63H97N11O9/c1-9-12-15-20-29-66(5)61(78)81-45-72-44-52-41-49(40-48(4)57(52)65-72)42-55(59(76)70-36-34-69(35-37-70)53-27-38-74(8,39-28-53)47-83-63(80)68(7)31-22-17-14-11-3)64-60(77)71-32-25-50(26-33-71)54-43-51-23-18-19-24-56(51)73(58(54)75)46-82-62(79)67(6)30-21-16-13-10-2/h18-19,23-24,40-41,43-44,50,53,55H,9-17,20-22,25-39,42,45-47H2,1-8H3/p+1. The Labute approximate surface area is 492 Å². The van der Waals surface area contributed by atoms with Crippen LogP contribution in [0.2, 0.25) is 0 Å². The lowest BCUT2D eigenvalue weighted by molar-refractivity contribution is -0.930. The quantitative estimate of drug-likeness (QED) is 0.0341. The average Bonchev–Trinajstić information content (AvgIpc) is 4.07. The zero-order chi connectivity index (χ0) is 59.5. The zero-order valence-electron chi connectivity index (χ0n) is 51.4. The van der Waals surface area contributed by atoms with Gasteiger partial charge in [0.05, 0.1) is 31.2 Å². The normalized spacial score (nSPS) is 18.2. The number of piperazine rings is 1. The van der Waals surface area contributed by atoms with Gasteiger partial charge in [0.1, 0.15) is 6.04 Å². The Morgan fingerprint density at radius 3 is 1.83 bits per heavy atom. The maximum absolute atomic E-state index is 14.9. The van der Waals surface area contributed by atoms with E-state index in [2.05, 4.69) is 38.0 Å². The lowest BCUT2D eigenvalue weighted by atomic mass is 9.89. The molecule has 0 bridgehead atoms. The Morgan fingerprint density at radius 1 is 0.675 bits per heavy atom. The number of carbonyl (C=O) groups is 5. The third kappa shape index (κ3) is 18.1. The first kappa shape index (κ1) is 64.2. The molecule has 3 aliphatic rings. The number of ether oxygens (including phenoxy) is 3. The minimum absolute atomic E-state index is 0.0448. The molecule has 3 fully saturated rings. The van der Waals surface area contributed by atoms with Crippen molar-refractivity contribution in [3.05, 3.63) is 75.7 Å². The Hall–Kier alpha value is -6.41. The Kier molecular flexibility index (Phi) is 24.3. The van der Waals surface area contributed by atoms with Crippen LogP contribution in [0.25, 0.3) is 21.8 Å². The molecule has 7 rings (SSSR count). The predicted octanol–water partition coefficient (Wildman–Crippen LogP) is 9.73. The molecule has 2 aromatic carbocycles. The molecule has 4 aromatic rings. The number of rotatable bonds is 27. The summed E-state index contributed by atoms with van der Waals surface area (Å²) in [6.07, 6.45) is 16.7. The molecule has 20 nitrogen and oxygen atoms in total.